The average Bonchev–Trinajstić information content (AvgIpc) is 3.42. The van der Waals surface area contributed by atoms with Gasteiger partial charge in [0.1, 0.15) is 18.4 Å². The molecule has 1 saturated carbocycles. The predicted octanol–water partition coefficient (Wildman–Crippen LogP) is 1.55. The second-order valence-corrected chi connectivity index (χ2v) is 9.02. The molecule has 0 aromatic heterocycles. The van der Waals surface area contributed by atoms with Crippen molar-refractivity contribution in [3.8, 4) is 0 Å². The molecule has 0 aromatic rings. The van der Waals surface area contributed by atoms with Crippen LogP contribution in [0.4, 0.5) is 0 Å². The van der Waals surface area contributed by atoms with Crippen molar-refractivity contribution in [3.63, 3.8) is 0 Å². The number of hydrogen-bond acceptors (Lipinski definition) is 5. The molecule has 2 saturated heterocycles. The van der Waals surface area contributed by atoms with E-state index >= 15 is 0 Å². The van der Waals surface area contributed by atoms with E-state index in [-0.39, 0.29) is 35.9 Å². The van der Waals surface area contributed by atoms with Gasteiger partial charge in [-0.3, -0.25) is 14.4 Å². The van der Waals surface area contributed by atoms with E-state index in [9.17, 15) is 19.2 Å². The molecule has 3 amide bonds. The molecular weight excluding hydrogens is 390 g/mol. The van der Waals surface area contributed by atoms with Gasteiger partial charge in [0.15, 0.2) is 0 Å². The summed E-state index contributed by atoms with van der Waals surface area (Å²) >= 11 is 4.65. The highest BCUT2D eigenvalue weighted by molar-refractivity contribution is 7.81. The van der Waals surface area contributed by atoms with Crippen LogP contribution in [0.2, 0.25) is 0 Å². The van der Waals surface area contributed by atoms with E-state index in [0.29, 0.717) is 31.8 Å². The molecule has 3 fully saturated rings. The van der Waals surface area contributed by atoms with E-state index in [1.54, 1.807) is 9.80 Å². The molecule has 3 rings (SSSR count). The van der Waals surface area contributed by atoms with Gasteiger partial charge in [0.25, 0.3) is 0 Å². The number of amides is 3. The molecule has 0 radical (unpaired) electrons. The summed E-state index contributed by atoms with van der Waals surface area (Å²) in [6, 6.07) is -0.985. The lowest BCUT2D eigenvalue weighted by Gasteiger charge is -2.34. The van der Waals surface area contributed by atoms with Crippen molar-refractivity contribution in [1.29, 1.82) is 0 Å². The van der Waals surface area contributed by atoms with E-state index in [4.69, 9.17) is 0 Å². The van der Waals surface area contributed by atoms with Crippen molar-refractivity contribution in [3.05, 3.63) is 0 Å². The molecule has 29 heavy (non-hydrogen) atoms. The highest BCUT2D eigenvalue weighted by Gasteiger charge is 2.43. The second kappa shape index (κ2) is 10.5. The minimum Gasteiger partial charge on any atom is -0.354 e. The molecule has 0 bridgehead atoms. The maximum absolute atomic E-state index is 13.3. The van der Waals surface area contributed by atoms with Crippen LogP contribution in [-0.4, -0.2) is 70.8 Å². The summed E-state index contributed by atoms with van der Waals surface area (Å²) in [7, 11) is 0. The molecule has 162 valence electrons. The lowest BCUT2D eigenvalue weighted by Crippen LogP contribution is -2.54. The molecule has 8 heteroatoms. The SMILES string of the molecule is O=CCCNC(=O)C1CCCN1C(=O)C1CCCN1C(=O)C(S)C1CCCCC1. The van der Waals surface area contributed by atoms with Crippen molar-refractivity contribution >= 4 is 36.6 Å². The fourth-order valence-electron chi connectivity index (χ4n) is 4.98. The van der Waals surface area contributed by atoms with Gasteiger partial charge in [0.2, 0.25) is 17.7 Å². The molecule has 3 atom stereocenters. The Labute approximate surface area is 178 Å². The van der Waals surface area contributed by atoms with Crippen molar-refractivity contribution in [2.45, 2.75) is 81.5 Å². The summed E-state index contributed by atoms with van der Waals surface area (Å²) in [6.45, 7) is 1.41. The fourth-order valence-corrected chi connectivity index (χ4v) is 5.42. The van der Waals surface area contributed by atoms with Crippen molar-refractivity contribution in [1.82, 2.24) is 15.1 Å². The Morgan fingerprint density at radius 3 is 2.28 bits per heavy atom. The summed E-state index contributed by atoms with van der Waals surface area (Å²) in [5.74, 6) is -0.0581. The Morgan fingerprint density at radius 1 is 0.931 bits per heavy atom. The van der Waals surface area contributed by atoms with Gasteiger partial charge >= 0.3 is 0 Å². The third-order valence-electron chi connectivity index (χ3n) is 6.57. The average molecular weight is 424 g/mol. The van der Waals surface area contributed by atoms with Crippen molar-refractivity contribution < 1.29 is 19.2 Å². The highest BCUT2D eigenvalue weighted by Crippen LogP contribution is 2.32. The minimum atomic E-state index is -0.503. The molecule has 3 unspecified atom stereocenters. The van der Waals surface area contributed by atoms with Crippen LogP contribution in [0.25, 0.3) is 0 Å². The number of carbonyl (C=O) groups is 4. The van der Waals surface area contributed by atoms with Crippen LogP contribution in [0, 0.1) is 5.92 Å². The first kappa shape index (κ1) is 22.1. The molecule has 3 aliphatic rings. The Morgan fingerprint density at radius 2 is 1.59 bits per heavy atom. The largest absolute Gasteiger partial charge is 0.354 e. The third-order valence-corrected chi connectivity index (χ3v) is 7.21. The van der Waals surface area contributed by atoms with Gasteiger partial charge in [-0.25, -0.2) is 0 Å². The number of likely N-dealkylation sites (tertiary alicyclic amines) is 2. The third kappa shape index (κ3) is 5.13. The first-order valence-corrected chi connectivity index (χ1v) is 11.6. The molecule has 7 nitrogen and oxygen atoms in total. The Hall–Kier alpha value is -1.57. The summed E-state index contributed by atoms with van der Waals surface area (Å²) in [5, 5.41) is 2.40. The second-order valence-electron chi connectivity index (χ2n) is 8.47. The zero-order valence-electron chi connectivity index (χ0n) is 17.1. The fraction of sp³-hybridized carbons (Fsp3) is 0.810. The number of aldehydes is 1. The molecule has 1 N–H and O–H groups in total. The molecule has 2 heterocycles. The number of nitrogens with one attached hydrogen (secondary N) is 1. The van der Waals surface area contributed by atoms with Crippen LogP contribution in [-0.2, 0) is 19.2 Å². The van der Waals surface area contributed by atoms with Gasteiger partial charge < -0.3 is 19.9 Å². The summed E-state index contributed by atoms with van der Waals surface area (Å²) in [4.78, 5) is 52.7. The summed E-state index contributed by atoms with van der Waals surface area (Å²) in [6.07, 6.45) is 9.44. The Kier molecular flexibility index (Phi) is 7.98. The molecular formula is C21H33N3O4S. The van der Waals surface area contributed by atoms with Gasteiger partial charge in [-0.2, -0.15) is 12.6 Å². The number of rotatable bonds is 7. The molecule has 2 aliphatic heterocycles. The van der Waals surface area contributed by atoms with Gasteiger partial charge in [0.05, 0.1) is 5.25 Å². The lowest BCUT2D eigenvalue weighted by atomic mass is 9.86. The maximum Gasteiger partial charge on any atom is 0.246 e. The van der Waals surface area contributed by atoms with E-state index in [1.165, 1.54) is 6.42 Å². The predicted molar refractivity (Wildman–Crippen MR) is 113 cm³/mol. The van der Waals surface area contributed by atoms with Gasteiger partial charge in [-0.15, -0.1) is 0 Å². The Bertz CT molecular complexity index is 623. The summed E-state index contributed by atoms with van der Waals surface area (Å²) < 4.78 is 0. The normalized spacial score (nSPS) is 26.4. The van der Waals surface area contributed by atoms with E-state index in [2.05, 4.69) is 17.9 Å². The molecule has 0 spiro atoms. The summed E-state index contributed by atoms with van der Waals surface area (Å²) in [5.41, 5.74) is 0. The first-order valence-electron chi connectivity index (χ1n) is 11.0. The zero-order chi connectivity index (χ0) is 20.8. The van der Waals surface area contributed by atoms with Gasteiger partial charge in [-0.1, -0.05) is 19.3 Å². The van der Waals surface area contributed by atoms with Gasteiger partial charge in [0, 0.05) is 26.1 Å². The minimum absolute atomic E-state index is 0.0257. The van der Waals surface area contributed by atoms with Crippen LogP contribution in [0.5, 0.6) is 0 Å². The van der Waals surface area contributed by atoms with Crippen LogP contribution in [0.3, 0.4) is 0 Å². The number of thiol groups is 1. The van der Waals surface area contributed by atoms with Crippen LogP contribution in [0.15, 0.2) is 0 Å². The van der Waals surface area contributed by atoms with Crippen molar-refractivity contribution in [2.75, 3.05) is 19.6 Å². The standard InChI is InChI=1S/C21H33N3O4S/c25-14-6-11-22-19(26)16-9-4-12-23(16)20(27)17-10-5-13-24(17)21(28)18(29)15-7-2-1-3-8-15/h14-18,29H,1-13H2,(H,22,26). The molecule has 0 aromatic carbocycles. The van der Waals surface area contributed by atoms with Crippen LogP contribution < -0.4 is 5.32 Å². The zero-order valence-corrected chi connectivity index (χ0v) is 17.9. The van der Waals surface area contributed by atoms with Gasteiger partial charge in [-0.05, 0) is 44.4 Å². The number of nitrogens with zero attached hydrogens (tertiary/aromatic N) is 2. The molecule has 1 aliphatic carbocycles. The lowest BCUT2D eigenvalue weighted by molar-refractivity contribution is -0.146. The quantitative estimate of drug-likeness (QED) is 0.370. The highest BCUT2D eigenvalue weighted by atomic mass is 32.1. The van der Waals surface area contributed by atoms with E-state index in [1.807, 2.05) is 0 Å². The maximum atomic E-state index is 13.3. The monoisotopic (exact) mass is 423 g/mol. The number of hydrogen-bond donors (Lipinski definition) is 2. The van der Waals surface area contributed by atoms with E-state index < -0.39 is 12.1 Å². The van der Waals surface area contributed by atoms with E-state index in [0.717, 1.165) is 44.8 Å². The topological polar surface area (TPSA) is 86.8 Å². The first-order chi connectivity index (χ1) is 14.0. The van der Waals surface area contributed by atoms with Crippen LogP contribution in [0.1, 0.15) is 64.2 Å². The van der Waals surface area contributed by atoms with Crippen molar-refractivity contribution in [2.24, 2.45) is 5.92 Å². The Balaban J connectivity index is 1.63. The number of carbonyl (C=O) groups excluding carboxylic acids is 4. The van der Waals surface area contributed by atoms with Crippen LogP contribution >= 0.6 is 12.6 Å². The smallest absolute Gasteiger partial charge is 0.246 e.